The van der Waals surface area contributed by atoms with E-state index in [2.05, 4.69) is 27.3 Å². The summed E-state index contributed by atoms with van der Waals surface area (Å²) in [7, 11) is 1.90. The van der Waals surface area contributed by atoms with Crippen molar-refractivity contribution >= 4 is 5.95 Å². The van der Waals surface area contributed by atoms with Crippen LogP contribution in [0.15, 0.2) is 18.6 Å². The zero-order valence-corrected chi connectivity index (χ0v) is 10.4. The summed E-state index contributed by atoms with van der Waals surface area (Å²) in [5.41, 5.74) is 3.01. The van der Waals surface area contributed by atoms with Crippen LogP contribution in [0.2, 0.25) is 0 Å². The van der Waals surface area contributed by atoms with Gasteiger partial charge in [-0.15, -0.1) is 0 Å². The monoisotopic (exact) mass is 231 g/mol. The van der Waals surface area contributed by atoms with E-state index in [1.54, 1.807) is 4.68 Å². The number of anilines is 1. The van der Waals surface area contributed by atoms with Crippen LogP contribution in [-0.2, 0) is 7.05 Å². The van der Waals surface area contributed by atoms with Gasteiger partial charge in [-0.25, -0.2) is 9.97 Å². The van der Waals surface area contributed by atoms with Crippen molar-refractivity contribution in [1.29, 1.82) is 0 Å². The minimum atomic E-state index is 0.677. The first-order valence-electron chi connectivity index (χ1n) is 5.77. The molecule has 0 atom stereocenters. The Balaban J connectivity index is 2.32. The summed E-state index contributed by atoms with van der Waals surface area (Å²) in [6, 6.07) is 0. The van der Waals surface area contributed by atoms with Gasteiger partial charge < -0.3 is 5.32 Å². The standard InChI is InChI=1S/C12H17N5/c1-4-5-13-12-14-6-9(2)11(16-12)10-7-15-17(3)8-10/h6-8H,4-5H2,1-3H3,(H,13,14,16). The Morgan fingerprint density at radius 1 is 1.35 bits per heavy atom. The highest BCUT2D eigenvalue weighted by atomic mass is 15.2. The zero-order valence-electron chi connectivity index (χ0n) is 10.4. The van der Waals surface area contributed by atoms with E-state index >= 15 is 0 Å². The van der Waals surface area contributed by atoms with Crippen molar-refractivity contribution in [3.63, 3.8) is 0 Å². The molecular weight excluding hydrogens is 214 g/mol. The van der Waals surface area contributed by atoms with Crippen molar-refractivity contribution in [2.24, 2.45) is 7.05 Å². The van der Waals surface area contributed by atoms with E-state index in [1.165, 1.54) is 0 Å². The van der Waals surface area contributed by atoms with Crippen LogP contribution in [0.5, 0.6) is 0 Å². The van der Waals surface area contributed by atoms with Gasteiger partial charge in [-0.05, 0) is 18.9 Å². The predicted octanol–water partition coefficient (Wildman–Crippen LogP) is 2.01. The quantitative estimate of drug-likeness (QED) is 0.874. The first-order valence-corrected chi connectivity index (χ1v) is 5.77. The Morgan fingerprint density at radius 2 is 2.18 bits per heavy atom. The molecule has 0 radical (unpaired) electrons. The van der Waals surface area contributed by atoms with E-state index in [0.717, 1.165) is 29.8 Å². The van der Waals surface area contributed by atoms with Crippen LogP contribution in [0.3, 0.4) is 0 Å². The topological polar surface area (TPSA) is 55.6 Å². The van der Waals surface area contributed by atoms with Crippen LogP contribution < -0.4 is 5.32 Å². The molecular formula is C12H17N5. The Bertz CT molecular complexity index is 503. The zero-order chi connectivity index (χ0) is 12.3. The molecule has 0 aromatic carbocycles. The fourth-order valence-corrected chi connectivity index (χ4v) is 1.60. The smallest absolute Gasteiger partial charge is 0.223 e. The molecule has 0 unspecified atom stereocenters. The summed E-state index contributed by atoms with van der Waals surface area (Å²) in [6.45, 7) is 5.00. The number of rotatable bonds is 4. The first-order chi connectivity index (χ1) is 8.20. The second kappa shape index (κ2) is 4.95. The largest absolute Gasteiger partial charge is 0.354 e. The van der Waals surface area contributed by atoms with Gasteiger partial charge in [0, 0.05) is 31.5 Å². The lowest BCUT2D eigenvalue weighted by Crippen LogP contribution is -2.05. The molecule has 5 heteroatoms. The summed E-state index contributed by atoms with van der Waals surface area (Å²) < 4.78 is 1.77. The van der Waals surface area contributed by atoms with Crippen molar-refractivity contribution in [3.8, 4) is 11.3 Å². The van der Waals surface area contributed by atoms with Crippen LogP contribution in [0.25, 0.3) is 11.3 Å². The summed E-state index contributed by atoms with van der Waals surface area (Å²) in [6.07, 6.45) is 6.67. The molecule has 2 heterocycles. The summed E-state index contributed by atoms with van der Waals surface area (Å²) in [5, 5.41) is 7.35. The lowest BCUT2D eigenvalue weighted by atomic mass is 10.1. The predicted molar refractivity (Wildman–Crippen MR) is 67.8 cm³/mol. The minimum Gasteiger partial charge on any atom is -0.354 e. The molecule has 1 N–H and O–H groups in total. The SMILES string of the molecule is CCCNc1ncc(C)c(-c2cnn(C)c2)n1. The summed E-state index contributed by atoms with van der Waals surface area (Å²) >= 11 is 0. The van der Waals surface area contributed by atoms with Crippen molar-refractivity contribution < 1.29 is 0 Å². The molecule has 0 aliphatic carbocycles. The second-order valence-electron chi connectivity index (χ2n) is 4.05. The van der Waals surface area contributed by atoms with Crippen LogP contribution in [0.4, 0.5) is 5.95 Å². The third kappa shape index (κ3) is 2.61. The van der Waals surface area contributed by atoms with Gasteiger partial charge in [-0.1, -0.05) is 6.92 Å². The third-order valence-corrected chi connectivity index (χ3v) is 2.48. The molecule has 0 fully saturated rings. The van der Waals surface area contributed by atoms with Gasteiger partial charge in [0.2, 0.25) is 5.95 Å². The van der Waals surface area contributed by atoms with E-state index in [0.29, 0.717) is 5.95 Å². The van der Waals surface area contributed by atoms with Gasteiger partial charge in [0.05, 0.1) is 11.9 Å². The Hall–Kier alpha value is -1.91. The molecule has 5 nitrogen and oxygen atoms in total. The van der Waals surface area contributed by atoms with Gasteiger partial charge in [0.25, 0.3) is 0 Å². The summed E-state index contributed by atoms with van der Waals surface area (Å²) in [4.78, 5) is 8.78. The van der Waals surface area contributed by atoms with E-state index in [-0.39, 0.29) is 0 Å². The fraction of sp³-hybridized carbons (Fsp3) is 0.417. The Kier molecular flexibility index (Phi) is 3.37. The molecule has 0 saturated carbocycles. The normalized spacial score (nSPS) is 10.5. The Morgan fingerprint density at radius 3 is 2.82 bits per heavy atom. The molecule has 0 amide bonds. The van der Waals surface area contributed by atoms with Gasteiger partial charge in [0.1, 0.15) is 0 Å². The lowest BCUT2D eigenvalue weighted by molar-refractivity contribution is 0.768. The van der Waals surface area contributed by atoms with Crippen LogP contribution in [-0.4, -0.2) is 26.3 Å². The molecule has 2 rings (SSSR count). The van der Waals surface area contributed by atoms with Crippen molar-refractivity contribution in [2.75, 3.05) is 11.9 Å². The molecule has 0 aliphatic rings. The number of aromatic nitrogens is 4. The van der Waals surface area contributed by atoms with Gasteiger partial charge in [-0.3, -0.25) is 4.68 Å². The lowest BCUT2D eigenvalue weighted by Gasteiger charge is -2.06. The second-order valence-corrected chi connectivity index (χ2v) is 4.05. The number of hydrogen-bond donors (Lipinski definition) is 1. The average molecular weight is 231 g/mol. The highest BCUT2D eigenvalue weighted by Gasteiger charge is 2.07. The molecule has 0 bridgehead atoms. The van der Waals surface area contributed by atoms with Crippen molar-refractivity contribution in [1.82, 2.24) is 19.7 Å². The van der Waals surface area contributed by atoms with Crippen LogP contribution in [0, 0.1) is 6.92 Å². The molecule has 17 heavy (non-hydrogen) atoms. The third-order valence-electron chi connectivity index (χ3n) is 2.48. The molecule has 0 aliphatic heterocycles. The van der Waals surface area contributed by atoms with E-state index in [4.69, 9.17) is 0 Å². The first kappa shape index (κ1) is 11.6. The highest BCUT2D eigenvalue weighted by Crippen LogP contribution is 2.20. The summed E-state index contributed by atoms with van der Waals surface area (Å²) in [5.74, 6) is 0.677. The maximum atomic E-state index is 4.52. The fourth-order valence-electron chi connectivity index (χ4n) is 1.60. The molecule has 90 valence electrons. The maximum Gasteiger partial charge on any atom is 0.223 e. The molecule has 0 saturated heterocycles. The minimum absolute atomic E-state index is 0.677. The van der Waals surface area contributed by atoms with Crippen LogP contribution >= 0.6 is 0 Å². The average Bonchev–Trinajstić information content (AvgIpc) is 2.75. The number of nitrogens with one attached hydrogen (secondary N) is 1. The highest BCUT2D eigenvalue weighted by molar-refractivity contribution is 5.61. The Labute approximate surface area is 101 Å². The van der Waals surface area contributed by atoms with E-state index < -0.39 is 0 Å². The van der Waals surface area contributed by atoms with Crippen molar-refractivity contribution in [2.45, 2.75) is 20.3 Å². The number of hydrogen-bond acceptors (Lipinski definition) is 4. The van der Waals surface area contributed by atoms with Crippen LogP contribution in [0.1, 0.15) is 18.9 Å². The van der Waals surface area contributed by atoms with E-state index in [1.807, 2.05) is 32.6 Å². The molecule has 2 aromatic heterocycles. The maximum absolute atomic E-state index is 4.52. The van der Waals surface area contributed by atoms with Gasteiger partial charge in [-0.2, -0.15) is 5.10 Å². The number of nitrogens with zero attached hydrogens (tertiary/aromatic N) is 4. The molecule has 0 spiro atoms. The molecule has 2 aromatic rings. The van der Waals surface area contributed by atoms with Crippen molar-refractivity contribution in [3.05, 3.63) is 24.2 Å². The van der Waals surface area contributed by atoms with Gasteiger partial charge >= 0.3 is 0 Å². The van der Waals surface area contributed by atoms with Gasteiger partial charge in [0.15, 0.2) is 0 Å². The number of aryl methyl sites for hydroxylation is 2. The van der Waals surface area contributed by atoms with E-state index in [9.17, 15) is 0 Å².